The maximum absolute atomic E-state index is 13.2. The number of carbonyl (C=O) groups is 1. The number of hydrogen-bond acceptors (Lipinski definition) is 6. The van der Waals surface area contributed by atoms with Crippen LogP contribution in [0.25, 0.3) is 16.9 Å². The zero-order chi connectivity index (χ0) is 23.5. The Kier molecular flexibility index (Phi) is 7.47. The number of carboxylic acid groups (broad SMARTS) is 1. The minimum atomic E-state index is -1.14. The first kappa shape index (κ1) is 24.7. The second-order valence-corrected chi connectivity index (χ2v) is 7.52. The molecule has 0 saturated heterocycles. The summed E-state index contributed by atoms with van der Waals surface area (Å²) in [6.07, 6.45) is 3.57. The average Bonchev–Trinajstić information content (AvgIpc) is 3.25. The number of halogens is 2. The fraction of sp³-hybridized carbons (Fsp3) is 0.167. The molecule has 0 saturated carbocycles. The highest BCUT2D eigenvalue weighted by Crippen LogP contribution is 2.30. The molecule has 8 nitrogen and oxygen atoms in total. The quantitative estimate of drug-likeness (QED) is 0.378. The van der Waals surface area contributed by atoms with E-state index in [4.69, 9.17) is 4.74 Å². The molecule has 0 aliphatic rings. The van der Waals surface area contributed by atoms with Crippen LogP contribution in [0.1, 0.15) is 34.6 Å². The molecule has 0 spiro atoms. The molecule has 176 valence electrons. The minimum Gasteiger partial charge on any atom is -0.495 e. The lowest BCUT2D eigenvalue weighted by molar-refractivity contribution is 0.0697. The van der Waals surface area contributed by atoms with Crippen LogP contribution < -0.4 is 10.1 Å². The first-order chi connectivity index (χ1) is 15.9. The lowest BCUT2D eigenvalue weighted by atomic mass is 10.1. The predicted octanol–water partition coefficient (Wildman–Crippen LogP) is 5.08. The number of ether oxygens (including phenoxy) is 1. The van der Waals surface area contributed by atoms with Crippen molar-refractivity contribution in [2.24, 2.45) is 0 Å². The number of benzene rings is 2. The van der Waals surface area contributed by atoms with Crippen molar-refractivity contribution in [1.29, 1.82) is 0 Å². The van der Waals surface area contributed by atoms with Crippen LogP contribution in [0.5, 0.6) is 5.75 Å². The third kappa shape index (κ3) is 5.15. The highest BCUT2D eigenvalue weighted by molar-refractivity contribution is 5.94. The van der Waals surface area contributed by atoms with Gasteiger partial charge < -0.3 is 19.7 Å². The number of methoxy groups -OCH3 is 1. The van der Waals surface area contributed by atoms with Crippen molar-refractivity contribution in [1.82, 2.24) is 19.7 Å². The lowest BCUT2D eigenvalue weighted by Crippen LogP contribution is -2.13. The Balaban J connectivity index is 0.00000324. The van der Waals surface area contributed by atoms with E-state index in [1.54, 1.807) is 31.6 Å². The van der Waals surface area contributed by atoms with Gasteiger partial charge >= 0.3 is 5.97 Å². The molecule has 4 rings (SSSR count). The van der Waals surface area contributed by atoms with Crippen LogP contribution in [-0.2, 0) is 0 Å². The molecule has 0 fully saturated rings. The van der Waals surface area contributed by atoms with E-state index in [2.05, 4.69) is 20.5 Å². The number of carboxylic acids is 1. The maximum atomic E-state index is 13.2. The van der Waals surface area contributed by atoms with Crippen molar-refractivity contribution in [2.45, 2.75) is 19.9 Å². The van der Waals surface area contributed by atoms with Gasteiger partial charge in [-0.25, -0.2) is 14.2 Å². The number of aromatic nitrogens is 4. The van der Waals surface area contributed by atoms with Gasteiger partial charge in [0.25, 0.3) is 0 Å². The first-order valence-corrected chi connectivity index (χ1v) is 10.2. The van der Waals surface area contributed by atoms with Crippen molar-refractivity contribution >= 4 is 24.2 Å². The van der Waals surface area contributed by atoms with E-state index in [0.29, 0.717) is 17.0 Å². The smallest absolute Gasteiger partial charge is 0.339 e. The van der Waals surface area contributed by atoms with Crippen LogP contribution >= 0.6 is 12.4 Å². The second-order valence-electron chi connectivity index (χ2n) is 7.52. The summed E-state index contributed by atoms with van der Waals surface area (Å²) in [6, 6.07) is 12.6. The molecule has 0 aliphatic heterocycles. The minimum absolute atomic E-state index is 0. The zero-order valence-electron chi connectivity index (χ0n) is 18.7. The molecule has 2 N–H and O–H groups in total. The van der Waals surface area contributed by atoms with E-state index < -0.39 is 5.97 Å². The largest absolute Gasteiger partial charge is 0.495 e. The third-order valence-corrected chi connectivity index (χ3v) is 5.21. The molecule has 2 heterocycles. The molecule has 34 heavy (non-hydrogen) atoms. The van der Waals surface area contributed by atoms with E-state index in [-0.39, 0.29) is 35.6 Å². The van der Waals surface area contributed by atoms with Crippen LogP contribution in [0.2, 0.25) is 0 Å². The molecule has 0 radical (unpaired) electrons. The number of hydrogen-bond donors (Lipinski definition) is 2. The number of nitrogens with one attached hydrogen (secondary N) is 1. The van der Waals surface area contributed by atoms with Gasteiger partial charge in [-0.05, 0) is 49.7 Å². The fourth-order valence-corrected chi connectivity index (χ4v) is 3.45. The highest BCUT2D eigenvalue weighted by Gasteiger charge is 2.18. The molecular formula is C24H23ClFN5O3. The average molecular weight is 484 g/mol. The molecule has 0 aliphatic carbocycles. The SMILES string of the molecule is COc1cc(-c2cc(C(=O)O)c(N[C@@H](C)c3ccc(F)cc3)nn2)ccc1-n1cnc(C)c1.Cl. The predicted molar refractivity (Wildman–Crippen MR) is 129 cm³/mol. The zero-order valence-corrected chi connectivity index (χ0v) is 19.5. The molecule has 4 aromatic rings. The molecule has 2 aromatic heterocycles. The summed E-state index contributed by atoms with van der Waals surface area (Å²) in [5, 5.41) is 21.2. The standard InChI is InChI=1S/C24H22FN5O3.ClH/c1-14-12-30(13-26-14)21-9-6-17(10-22(21)33-3)20-11-19(24(31)32)23(29-28-20)27-15(2)16-4-7-18(25)8-5-16;/h4-13,15H,1-3H3,(H,27,29)(H,31,32);1H/t15-;/m0./s1. The van der Waals surface area contributed by atoms with Gasteiger partial charge in [-0.1, -0.05) is 18.2 Å². The fourth-order valence-electron chi connectivity index (χ4n) is 3.45. The molecular weight excluding hydrogens is 461 g/mol. The van der Waals surface area contributed by atoms with E-state index in [0.717, 1.165) is 16.9 Å². The van der Waals surface area contributed by atoms with Crippen molar-refractivity contribution < 1.29 is 19.0 Å². The van der Waals surface area contributed by atoms with Gasteiger partial charge in [0, 0.05) is 11.8 Å². The van der Waals surface area contributed by atoms with E-state index in [1.807, 2.05) is 36.7 Å². The van der Waals surface area contributed by atoms with Gasteiger partial charge in [0.2, 0.25) is 0 Å². The second kappa shape index (κ2) is 10.3. The van der Waals surface area contributed by atoms with Gasteiger partial charge in [-0.3, -0.25) is 0 Å². The van der Waals surface area contributed by atoms with Crippen molar-refractivity contribution in [2.75, 3.05) is 12.4 Å². The highest BCUT2D eigenvalue weighted by atomic mass is 35.5. The van der Waals surface area contributed by atoms with Crippen LogP contribution in [0.15, 0.2) is 61.1 Å². The number of imidazole rings is 1. The number of aromatic carboxylic acids is 1. The van der Waals surface area contributed by atoms with Gasteiger partial charge in [-0.2, -0.15) is 0 Å². The normalized spacial score (nSPS) is 11.4. The van der Waals surface area contributed by atoms with Crippen LogP contribution in [0, 0.1) is 12.7 Å². The summed E-state index contributed by atoms with van der Waals surface area (Å²) in [5.74, 6) is -0.778. The van der Waals surface area contributed by atoms with Gasteiger partial charge in [-0.15, -0.1) is 22.6 Å². The van der Waals surface area contributed by atoms with Crippen LogP contribution in [0.4, 0.5) is 10.2 Å². The van der Waals surface area contributed by atoms with Gasteiger partial charge in [0.1, 0.15) is 17.1 Å². The van der Waals surface area contributed by atoms with Crippen molar-refractivity contribution in [3.8, 4) is 22.7 Å². The van der Waals surface area contributed by atoms with Crippen molar-refractivity contribution in [3.63, 3.8) is 0 Å². The number of anilines is 1. The summed E-state index contributed by atoms with van der Waals surface area (Å²) in [4.78, 5) is 16.2. The maximum Gasteiger partial charge on any atom is 0.339 e. The molecule has 0 bridgehead atoms. The summed E-state index contributed by atoms with van der Waals surface area (Å²) in [7, 11) is 1.56. The molecule has 0 unspecified atom stereocenters. The third-order valence-electron chi connectivity index (χ3n) is 5.21. The Morgan fingerprint density at radius 1 is 1.15 bits per heavy atom. The topological polar surface area (TPSA) is 102 Å². The summed E-state index contributed by atoms with van der Waals surface area (Å²) < 4.78 is 20.6. The van der Waals surface area contributed by atoms with Gasteiger partial charge in [0.15, 0.2) is 5.82 Å². The lowest BCUT2D eigenvalue weighted by Gasteiger charge is -2.17. The summed E-state index contributed by atoms with van der Waals surface area (Å²) >= 11 is 0. The molecule has 1 atom stereocenters. The van der Waals surface area contributed by atoms with E-state index in [9.17, 15) is 14.3 Å². The monoisotopic (exact) mass is 483 g/mol. The van der Waals surface area contributed by atoms with Crippen molar-refractivity contribution in [3.05, 3.63) is 83.7 Å². The Morgan fingerprint density at radius 3 is 2.50 bits per heavy atom. The van der Waals surface area contributed by atoms with E-state index >= 15 is 0 Å². The number of nitrogens with zero attached hydrogens (tertiary/aromatic N) is 4. The Bertz CT molecular complexity index is 1310. The van der Waals surface area contributed by atoms with Gasteiger partial charge in [0.05, 0.1) is 36.6 Å². The molecule has 10 heteroatoms. The molecule has 2 aromatic carbocycles. The first-order valence-electron chi connectivity index (χ1n) is 10.2. The summed E-state index contributed by atoms with van der Waals surface area (Å²) in [6.45, 7) is 3.72. The van der Waals surface area contributed by atoms with Crippen LogP contribution in [0.3, 0.4) is 0 Å². The van der Waals surface area contributed by atoms with Crippen LogP contribution in [-0.4, -0.2) is 37.9 Å². The Labute approximate surface area is 201 Å². The number of rotatable bonds is 7. The summed E-state index contributed by atoms with van der Waals surface area (Å²) in [5.41, 5.74) is 3.46. The van der Waals surface area contributed by atoms with E-state index in [1.165, 1.54) is 18.2 Å². The Hall–Kier alpha value is -3.98. The Morgan fingerprint density at radius 2 is 1.88 bits per heavy atom. The number of aryl methyl sites for hydroxylation is 1. The molecule has 0 amide bonds.